The standard InChI is InChI=1S/C27H25NO5/c29-25(33-22-16-14-21(15-17-22)32-19-20-9-3-1-4-10-20)13-5-2-8-18-28-26(30)23-11-6-7-12-24(23)27(28)31/h1,3-4,6-7,9-12,14-17H,2,5,8,13,18-19H2. The van der Waals surface area contributed by atoms with Crippen LogP contribution in [-0.2, 0) is 11.4 Å². The second-order valence-electron chi connectivity index (χ2n) is 7.84. The average molecular weight is 443 g/mol. The van der Waals surface area contributed by atoms with Crippen LogP contribution in [0, 0.1) is 0 Å². The van der Waals surface area contributed by atoms with Gasteiger partial charge in [0, 0.05) is 13.0 Å². The Balaban J connectivity index is 1.14. The molecule has 0 bridgehead atoms. The van der Waals surface area contributed by atoms with Gasteiger partial charge >= 0.3 is 5.97 Å². The topological polar surface area (TPSA) is 72.9 Å². The van der Waals surface area contributed by atoms with E-state index in [2.05, 4.69) is 0 Å². The molecule has 1 aliphatic heterocycles. The van der Waals surface area contributed by atoms with Gasteiger partial charge in [-0.3, -0.25) is 19.3 Å². The van der Waals surface area contributed by atoms with Crippen LogP contribution in [-0.4, -0.2) is 29.2 Å². The molecule has 0 N–H and O–H groups in total. The molecule has 1 aliphatic rings. The summed E-state index contributed by atoms with van der Waals surface area (Å²) < 4.78 is 11.1. The van der Waals surface area contributed by atoms with Crippen LogP contribution in [0.1, 0.15) is 52.0 Å². The molecular formula is C27H25NO5. The molecular weight excluding hydrogens is 418 g/mol. The normalized spacial score (nSPS) is 12.5. The summed E-state index contributed by atoms with van der Waals surface area (Å²) in [6.07, 6.45) is 2.26. The second kappa shape index (κ2) is 10.6. The van der Waals surface area contributed by atoms with E-state index in [4.69, 9.17) is 9.47 Å². The predicted octanol–water partition coefficient (Wildman–Crippen LogP) is 5.03. The minimum Gasteiger partial charge on any atom is -0.489 e. The molecule has 0 aromatic heterocycles. The van der Waals surface area contributed by atoms with E-state index in [1.54, 1.807) is 48.5 Å². The van der Waals surface area contributed by atoms with Crippen molar-refractivity contribution >= 4 is 17.8 Å². The van der Waals surface area contributed by atoms with Gasteiger partial charge in [-0.2, -0.15) is 0 Å². The van der Waals surface area contributed by atoms with E-state index in [1.807, 2.05) is 30.3 Å². The first-order valence-corrected chi connectivity index (χ1v) is 11.0. The third kappa shape index (κ3) is 5.66. The lowest BCUT2D eigenvalue weighted by Gasteiger charge is -2.13. The lowest BCUT2D eigenvalue weighted by atomic mass is 10.1. The number of nitrogens with zero attached hydrogens (tertiary/aromatic N) is 1. The molecule has 2 amide bonds. The van der Waals surface area contributed by atoms with E-state index in [0.29, 0.717) is 48.6 Å². The van der Waals surface area contributed by atoms with E-state index in [0.717, 1.165) is 12.0 Å². The summed E-state index contributed by atoms with van der Waals surface area (Å²) >= 11 is 0. The van der Waals surface area contributed by atoms with Crippen LogP contribution in [0.4, 0.5) is 0 Å². The van der Waals surface area contributed by atoms with Gasteiger partial charge in [-0.15, -0.1) is 0 Å². The van der Waals surface area contributed by atoms with Crippen molar-refractivity contribution < 1.29 is 23.9 Å². The van der Waals surface area contributed by atoms with Crippen molar-refractivity contribution in [3.05, 3.63) is 95.6 Å². The van der Waals surface area contributed by atoms with Gasteiger partial charge in [0.05, 0.1) is 11.1 Å². The number of amides is 2. The summed E-state index contributed by atoms with van der Waals surface area (Å²) in [6, 6.07) is 23.7. The van der Waals surface area contributed by atoms with Crippen molar-refractivity contribution in [2.75, 3.05) is 6.54 Å². The number of benzene rings is 3. The maximum Gasteiger partial charge on any atom is 0.311 e. The molecule has 1 heterocycles. The van der Waals surface area contributed by atoms with Gasteiger partial charge in [0.2, 0.25) is 0 Å². The molecule has 6 nitrogen and oxygen atoms in total. The summed E-state index contributed by atoms with van der Waals surface area (Å²) in [5.74, 6) is 0.371. The molecule has 6 heteroatoms. The Morgan fingerprint density at radius 1 is 0.697 bits per heavy atom. The van der Waals surface area contributed by atoms with Crippen LogP contribution in [0.25, 0.3) is 0 Å². The van der Waals surface area contributed by atoms with Crippen molar-refractivity contribution in [1.29, 1.82) is 0 Å². The maximum absolute atomic E-state index is 12.3. The summed E-state index contributed by atoms with van der Waals surface area (Å²) in [5.41, 5.74) is 2.00. The van der Waals surface area contributed by atoms with Crippen LogP contribution >= 0.6 is 0 Å². The summed E-state index contributed by atoms with van der Waals surface area (Å²) in [5, 5.41) is 0. The highest BCUT2D eigenvalue weighted by molar-refractivity contribution is 6.21. The molecule has 4 rings (SSSR count). The van der Waals surface area contributed by atoms with Crippen LogP contribution in [0.3, 0.4) is 0 Å². The fourth-order valence-electron chi connectivity index (χ4n) is 3.69. The highest BCUT2D eigenvalue weighted by atomic mass is 16.5. The molecule has 0 radical (unpaired) electrons. The molecule has 3 aromatic carbocycles. The van der Waals surface area contributed by atoms with Crippen molar-refractivity contribution in [3.63, 3.8) is 0 Å². The van der Waals surface area contributed by atoms with Gasteiger partial charge in [0.15, 0.2) is 0 Å². The highest BCUT2D eigenvalue weighted by Crippen LogP contribution is 2.23. The first-order valence-electron chi connectivity index (χ1n) is 11.0. The number of rotatable bonds is 10. The largest absolute Gasteiger partial charge is 0.489 e. The Hall–Kier alpha value is -3.93. The highest BCUT2D eigenvalue weighted by Gasteiger charge is 2.34. The third-order valence-electron chi connectivity index (χ3n) is 5.44. The van der Waals surface area contributed by atoms with Crippen LogP contribution < -0.4 is 9.47 Å². The minimum absolute atomic E-state index is 0.244. The monoisotopic (exact) mass is 443 g/mol. The maximum atomic E-state index is 12.3. The smallest absolute Gasteiger partial charge is 0.311 e. The van der Waals surface area contributed by atoms with E-state index < -0.39 is 0 Å². The van der Waals surface area contributed by atoms with Gasteiger partial charge in [-0.05, 0) is 54.8 Å². The van der Waals surface area contributed by atoms with Gasteiger partial charge in [0.1, 0.15) is 18.1 Å². The third-order valence-corrected chi connectivity index (χ3v) is 5.44. The van der Waals surface area contributed by atoms with Crippen molar-refractivity contribution in [2.45, 2.75) is 32.3 Å². The lowest BCUT2D eigenvalue weighted by molar-refractivity contribution is -0.134. The number of hydrogen-bond donors (Lipinski definition) is 0. The summed E-state index contributed by atoms with van der Waals surface area (Å²) in [4.78, 5) is 38.1. The zero-order valence-corrected chi connectivity index (χ0v) is 18.2. The first kappa shape index (κ1) is 22.3. The second-order valence-corrected chi connectivity index (χ2v) is 7.84. The molecule has 0 saturated heterocycles. The lowest BCUT2D eigenvalue weighted by Crippen LogP contribution is -2.30. The molecule has 3 aromatic rings. The number of fused-ring (bicyclic) bond motifs is 1. The van der Waals surface area contributed by atoms with Gasteiger partial charge < -0.3 is 9.47 Å². The van der Waals surface area contributed by atoms with Crippen LogP contribution in [0.2, 0.25) is 0 Å². The molecule has 0 saturated carbocycles. The Morgan fingerprint density at radius 3 is 1.97 bits per heavy atom. The Morgan fingerprint density at radius 2 is 1.30 bits per heavy atom. The van der Waals surface area contributed by atoms with E-state index >= 15 is 0 Å². The van der Waals surface area contributed by atoms with Gasteiger partial charge in [0.25, 0.3) is 11.8 Å². The predicted molar refractivity (Wildman–Crippen MR) is 123 cm³/mol. The van der Waals surface area contributed by atoms with Crippen LogP contribution in [0.15, 0.2) is 78.9 Å². The van der Waals surface area contributed by atoms with Crippen molar-refractivity contribution in [3.8, 4) is 11.5 Å². The van der Waals surface area contributed by atoms with E-state index in [1.165, 1.54) is 4.90 Å². The molecule has 0 fully saturated rings. The molecule has 33 heavy (non-hydrogen) atoms. The first-order chi connectivity index (χ1) is 16.1. The SMILES string of the molecule is O=C(CCCCCN1C(=O)c2ccccc2C1=O)Oc1ccc(OCc2ccccc2)cc1. The number of carbonyl (C=O) groups excluding carboxylic acids is 3. The fourth-order valence-corrected chi connectivity index (χ4v) is 3.69. The van der Waals surface area contributed by atoms with E-state index in [9.17, 15) is 14.4 Å². The summed E-state index contributed by atoms with van der Waals surface area (Å²) in [7, 11) is 0. The minimum atomic E-state index is -0.311. The van der Waals surface area contributed by atoms with Crippen LogP contribution in [0.5, 0.6) is 11.5 Å². The van der Waals surface area contributed by atoms with Gasteiger partial charge in [-0.1, -0.05) is 48.9 Å². The molecule has 168 valence electrons. The van der Waals surface area contributed by atoms with Gasteiger partial charge in [-0.25, -0.2) is 0 Å². The van der Waals surface area contributed by atoms with E-state index in [-0.39, 0.29) is 24.2 Å². The number of ether oxygens (including phenoxy) is 2. The quantitative estimate of drug-likeness (QED) is 0.190. The Bertz CT molecular complexity index is 1090. The number of imide groups is 1. The average Bonchev–Trinajstić information content (AvgIpc) is 3.09. The zero-order chi connectivity index (χ0) is 23.0. The Labute approximate surface area is 192 Å². The fraction of sp³-hybridized carbons (Fsp3) is 0.222. The Kier molecular flexibility index (Phi) is 7.15. The summed E-state index contributed by atoms with van der Waals surface area (Å²) in [6.45, 7) is 0.826. The number of unbranched alkanes of at least 4 members (excludes halogenated alkanes) is 2. The zero-order valence-electron chi connectivity index (χ0n) is 18.2. The number of carbonyl (C=O) groups is 3. The molecule has 0 aliphatic carbocycles. The number of esters is 1. The number of hydrogen-bond acceptors (Lipinski definition) is 5. The molecule has 0 spiro atoms. The van der Waals surface area contributed by atoms with Crippen molar-refractivity contribution in [2.24, 2.45) is 0 Å². The molecule has 0 unspecified atom stereocenters. The molecule has 0 atom stereocenters. The van der Waals surface area contributed by atoms with Crippen molar-refractivity contribution in [1.82, 2.24) is 4.90 Å².